The fourth-order valence-electron chi connectivity index (χ4n) is 3.06. The Morgan fingerprint density at radius 2 is 1.68 bits per heavy atom. The summed E-state index contributed by atoms with van der Waals surface area (Å²) in [5.41, 5.74) is 1.02. The number of carbonyl (C=O) groups excluding carboxylic acids is 1. The first-order valence-corrected chi connectivity index (χ1v) is 10.8. The zero-order valence-electron chi connectivity index (χ0n) is 15.4. The Hall–Kier alpha value is -2.41. The Labute approximate surface area is 169 Å². The molecule has 0 bridgehead atoms. The maximum Gasteiger partial charge on any atom is 0.242 e. The van der Waals surface area contributed by atoms with E-state index in [-0.39, 0.29) is 34.8 Å². The first kappa shape index (κ1) is 20.3. The Balaban J connectivity index is 1.59. The topological polar surface area (TPSA) is 75.3 Å². The monoisotopic (exact) mass is 416 g/mol. The van der Waals surface area contributed by atoms with Crippen LogP contribution in [-0.4, -0.2) is 20.9 Å². The first-order valence-electron chi connectivity index (χ1n) is 8.90. The number of nitrogens with one attached hydrogen (secondary N) is 2. The van der Waals surface area contributed by atoms with Crippen molar-refractivity contribution in [3.8, 4) is 0 Å². The molecule has 0 saturated heterocycles. The molecule has 0 aromatic heterocycles. The van der Waals surface area contributed by atoms with Crippen molar-refractivity contribution in [3.63, 3.8) is 0 Å². The van der Waals surface area contributed by atoms with Crippen LogP contribution >= 0.6 is 11.6 Å². The second kappa shape index (κ2) is 8.73. The molecule has 0 aliphatic carbocycles. The highest BCUT2D eigenvalue weighted by Gasteiger charge is 2.18. The van der Waals surface area contributed by atoms with Crippen LogP contribution in [0, 0.1) is 0 Å². The van der Waals surface area contributed by atoms with Crippen molar-refractivity contribution in [3.05, 3.63) is 77.3 Å². The normalized spacial score (nSPS) is 12.6. The van der Waals surface area contributed by atoms with Crippen molar-refractivity contribution >= 4 is 38.3 Å². The van der Waals surface area contributed by atoms with E-state index in [2.05, 4.69) is 10.0 Å². The molecule has 3 aromatic rings. The molecule has 0 fully saturated rings. The maximum atomic E-state index is 12.3. The van der Waals surface area contributed by atoms with Crippen molar-refractivity contribution in [1.82, 2.24) is 10.0 Å². The highest BCUT2D eigenvalue weighted by Crippen LogP contribution is 2.24. The fraction of sp³-hybridized carbons (Fsp3) is 0.190. The number of rotatable bonds is 7. The molecule has 0 radical (unpaired) electrons. The van der Waals surface area contributed by atoms with Gasteiger partial charge in [-0.25, -0.2) is 13.1 Å². The van der Waals surface area contributed by atoms with Gasteiger partial charge in [0.25, 0.3) is 0 Å². The Kier molecular flexibility index (Phi) is 6.34. The second-order valence-electron chi connectivity index (χ2n) is 6.44. The molecule has 3 rings (SSSR count). The van der Waals surface area contributed by atoms with Crippen LogP contribution in [0.4, 0.5) is 0 Å². The number of hydrogen-bond donors (Lipinski definition) is 2. The number of halogens is 1. The summed E-state index contributed by atoms with van der Waals surface area (Å²) < 4.78 is 27.0. The minimum absolute atomic E-state index is 0.00111. The van der Waals surface area contributed by atoms with Crippen LogP contribution in [0.1, 0.15) is 24.9 Å². The van der Waals surface area contributed by atoms with Gasteiger partial charge in [0.1, 0.15) is 4.90 Å². The van der Waals surface area contributed by atoms with E-state index in [1.54, 1.807) is 12.1 Å². The van der Waals surface area contributed by atoms with Crippen LogP contribution in [-0.2, 0) is 14.8 Å². The summed E-state index contributed by atoms with van der Waals surface area (Å²) in [5.74, 6) is -0.234. The van der Waals surface area contributed by atoms with Crippen LogP contribution in [0.3, 0.4) is 0 Å². The van der Waals surface area contributed by atoms with E-state index in [0.717, 1.165) is 16.3 Å². The average Bonchev–Trinajstić information content (AvgIpc) is 2.67. The lowest BCUT2D eigenvalue weighted by Crippen LogP contribution is -2.32. The minimum atomic E-state index is -3.76. The molecule has 1 unspecified atom stereocenters. The van der Waals surface area contributed by atoms with E-state index in [4.69, 9.17) is 11.6 Å². The van der Waals surface area contributed by atoms with Crippen molar-refractivity contribution in [2.45, 2.75) is 24.3 Å². The molecular formula is C21H21ClN2O3S. The van der Waals surface area contributed by atoms with E-state index in [0.29, 0.717) is 0 Å². The van der Waals surface area contributed by atoms with Crippen LogP contribution in [0.25, 0.3) is 10.8 Å². The summed E-state index contributed by atoms with van der Waals surface area (Å²) in [5, 5.41) is 5.25. The van der Waals surface area contributed by atoms with Crippen LogP contribution in [0.2, 0.25) is 5.02 Å². The lowest BCUT2D eigenvalue weighted by atomic mass is 9.99. The van der Waals surface area contributed by atoms with Crippen molar-refractivity contribution < 1.29 is 13.2 Å². The smallest absolute Gasteiger partial charge is 0.242 e. The van der Waals surface area contributed by atoms with Gasteiger partial charge < -0.3 is 5.32 Å². The predicted molar refractivity (Wildman–Crippen MR) is 112 cm³/mol. The first-order chi connectivity index (χ1) is 13.4. The largest absolute Gasteiger partial charge is 0.350 e. The average molecular weight is 417 g/mol. The van der Waals surface area contributed by atoms with E-state index in [1.807, 2.05) is 49.4 Å². The van der Waals surface area contributed by atoms with Crippen molar-refractivity contribution in [2.75, 3.05) is 6.54 Å². The Morgan fingerprint density at radius 3 is 2.46 bits per heavy atom. The molecule has 5 nitrogen and oxygen atoms in total. The highest BCUT2D eigenvalue weighted by atomic mass is 35.5. The summed E-state index contributed by atoms with van der Waals surface area (Å²) in [6.07, 6.45) is 0.0266. The second-order valence-corrected chi connectivity index (χ2v) is 8.58. The predicted octanol–water partition coefficient (Wildman–Crippen LogP) is 4.04. The third kappa shape index (κ3) is 4.70. The summed E-state index contributed by atoms with van der Waals surface area (Å²) in [7, 11) is -3.76. The molecule has 0 saturated carbocycles. The molecule has 3 aromatic carbocycles. The molecule has 0 spiro atoms. The Morgan fingerprint density at radius 1 is 1.00 bits per heavy atom. The molecule has 2 N–H and O–H groups in total. The SMILES string of the molecule is CC(NC(=O)CCNS(=O)(=O)c1ccccc1Cl)c1cccc2ccccc12. The van der Waals surface area contributed by atoms with E-state index < -0.39 is 10.0 Å². The van der Waals surface area contributed by atoms with Gasteiger partial charge in [0, 0.05) is 13.0 Å². The molecule has 1 atom stereocenters. The number of fused-ring (bicyclic) bond motifs is 1. The van der Waals surface area contributed by atoms with Gasteiger partial charge in [0.15, 0.2) is 0 Å². The van der Waals surface area contributed by atoms with Gasteiger partial charge in [-0.05, 0) is 35.4 Å². The molecule has 7 heteroatoms. The van der Waals surface area contributed by atoms with Gasteiger partial charge in [0.05, 0.1) is 11.1 Å². The molecule has 1 amide bonds. The fourth-order valence-corrected chi connectivity index (χ4v) is 4.61. The van der Waals surface area contributed by atoms with Crippen LogP contribution < -0.4 is 10.0 Å². The molecule has 28 heavy (non-hydrogen) atoms. The third-order valence-corrected chi connectivity index (χ3v) is 6.40. The zero-order chi connectivity index (χ0) is 20.1. The van der Waals surface area contributed by atoms with Crippen LogP contribution in [0.15, 0.2) is 71.6 Å². The van der Waals surface area contributed by atoms with Crippen LogP contribution in [0.5, 0.6) is 0 Å². The molecule has 0 aliphatic heterocycles. The van der Waals surface area contributed by atoms with Gasteiger partial charge in [-0.1, -0.05) is 66.2 Å². The van der Waals surface area contributed by atoms with E-state index >= 15 is 0 Å². The van der Waals surface area contributed by atoms with Gasteiger partial charge in [-0.2, -0.15) is 0 Å². The lowest BCUT2D eigenvalue weighted by molar-refractivity contribution is -0.121. The van der Waals surface area contributed by atoms with Gasteiger partial charge in [-0.15, -0.1) is 0 Å². The molecule has 0 aliphatic rings. The number of hydrogen-bond acceptors (Lipinski definition) is 3. The maximum absolute atomic E-state index is 12.3. The van der Waals surface area contributed by atoms with Gasteiger partial charge >= 0.3 is 0 Å². The van der Waals surface area contributed by atoms with Crippen molar-refractivity contribution in [2.24, 2.45) is 0 Å². The number of sulfonamides is 1. The number of carbonyl (C=O) groups is 1. The standard InChI is InChI=1S/C21H21ClN2O3S/c1-15(17-10-6-8-16-7-2-3-9-18(16)17)24-21(25)13-14-23-28(26,27)20-12-5-4-11-19(20)22/h2-12,15,23H,13-14H2,1H3,(H,24,25). The minimum Gasteiger partial charge on any atom is -0.350 e. The molecule has 0 heterocycles. The van der Waals surface area contributed by atoms with Crippen molar-refractivity contribution in [1.29, 1.82) is 0 Å². The highest BCUT2D eigenvalue weighted by molar-refractivity contribution is 7.89. The lowest BCUT2D eigenvalue weighted by Gasteiger charge is -2.17. The number of amides is 1. The van der Waals surface area contributed by atoms with E-state index in [9.17, 15) is 13.2 Å². The van der Waals surface area contributed by atoms with Gasteiger partial charge in [-0.3, -0.25) is 4.79 Å². The van der Waals surface area contributed by atoms with E-state index in [1.165, 1.54) is 12.1 Å². The summed E-state index contributed by atoms with van der Waals surface area (Å²) in [6.45, 7) is 1.90. The van der Waals surface area contributed by atoms with Gasteiger partial charge in [0.2, 0.25) is 15.9 Å². The molecule has 146 valence electrons. The zero-order valence-corrected chi connectivity index (χ0v) is 16.9. The summed E-state index contributed by atoms with van der Waals surface area (Å²) >= 11 is 5.94. The molecular weight excluding hydrogens is 396 g/mol. The third-order valence-electron chi connectivity index (χ3n) is 4.44. The quantitative estimate of drug-likeness (QED) is 0.610. The summed E-state index contributed by atoms with van der Waals surface area (Å²) in [6, 6.07) is 19.9. The Bertz CT molecular complexity index is 1090. The number of benzene rings is 3. The summed E-state index contributed by atoms with van der Waals surface area (Å²) in [4.78, 5) is 12.3.